The minimum Gasteiger partial charge on any atom is -0.496 e. The lowest BCUT2D eigenvalue weighted by Crippen LogP contribution is -2.48. The van der Waals surface area contributed by atoms with Crippen LogP contribution in [-0.4, -0.2) is 44.5 Å². The molecule has 3 rings (SSSR count). The molecule has 9 heteroatoms. The van der Waals surface area contributed by atoms with Gasteiger partial charge in [0, 0.05) is 25.2 Å². The number of aryl methyl sites for hydroxylation is 1. The smallest absolute Gasteiger partial charge is 0.254 e. The van der Waals surface area contributed by atoms with Gasteiger partial charge in [0.25, 0.3) is 10.0 Å². The fraction of sp³-hybridized carbons (Fsp3) is 0.400. The van der Waals surface area contributed by atoms with Gasteiger partial charge in [-0.1, -0.05) is 18.2 Å². The minimum absolute atomic E-state index is 0. The molecule has 1 unspecified atom stereocenters. The van der Waals surface area contributed by atoms with Gasteiger partial charge in [0.1, 0.15) is 5.75 Å². The van der Waals surface area contributed by atoms with Crippen LogP contribution >= 0.6 is 23.7 Å². The number of para-hydroxylation sites is 1. The summed E-state index contributed by atoms with van der Waals surface area (Å²) in [6.07, 6.45) is 1.44. The highest BCUT2D eigenvalue weighted by Gasteiger charge is 2.36. The molecule has 6 nitrogen and oxygen atoms in total. The zero-order chi connectivity index (χ0) is 16.4. The lowest BCUT2D eigenvalue weighted by molar-refractivity contribution is 0.265. The molecule has 1 aromatic heterocycles. The standard InChI is InChI=1S/C15H19N3O3S2.ClH/c1-11-17-10-15(22-11)23(19,20)18-8-7-16-9-13(18)12-5-3-4-6-14(12)21-2;/h3-6,10,13,16H,7-9H2,1-2H3;1H. The van der Waals surface area contributed by atoms with E-state index in [-0.39, 0.29) is 22.7 Å². The van der Waals surface area contributed by atoms with Gasteiger partial charge >= 0.3 is 0 Å². The van der Waals surface area contributed by atoms with E-state index in [4.69, 9.17) is 4.74 Å². The molecule has 1 aliphatic rings. The average Bonchev–Trinajstić information content (AvgIpc) is 3.02. The van der Waals surface area contributed by atoms with Crippen LogP contribution in [0.3, 0.4) is 0 Å². The molecule has 0 aliphatic carbocycles. The normalized spacial score (nSPS) is 18.8. The topological polar surface area (TPSA) is 71.5 Å². The molecular weight excluding hydrogens is 370 g/mol. The van der Waals surface area contributed by atoms with Crippen LogP contribution in [0, 0.1) is 6.92 Å². The van der Waals surface area contributed by atoms with Gasteiger partial charge in [-0.15, -0.1) is 23.7 Å². The molecule has 0 amide bonds. The summed E-state index contributed by atoms with van der Waals surface area (Å²) in [4.78, 5) is 4.08. The van der Waals surface area contributed by atoms with Gasteiger partial charge in [-0.25, -0.2) is 13.4 Å². The maximum absolute atomic E-state index is 13.0. The predicted octanol–water partition coefficient (Wildman–Crippen LogP) is 2.22. The van der Waals surface area contributed by atoms with E-state index in [1.165, 1.54) is 17.5 Å². The Morgan fingerprint density at radius 3 is 2.79 bits per heavy atom. The SMILES string of the molecule is COc1ccccc1C1CNCCN1S(=O)(=O)c1cnc(C)s1.Cl. The summed E-state index contributed by atoms with van der Waals surface area (Å²) in [6.45, 7) is 3.40. The molecule has 1 saturated heterocycles. The maximum atomic E-state index is 13.0. The van der Waals surface area contributed by atoms with Crippen molar-refractivity contribution in [2.24, 2.45) is 0 Å². The summed E-state index contributed by atoms with van der Waals surface area (Å²) in [7, 11) is -1.97. The van der Waals surface area contributed by atoms with E-state index in [0.717, 1.165) is 10.6 Å². The molecule has 1 fully saturated rings. The van der Waals surface area contributed by atoms with E-state index in [1.807, 2.05) is 24.3 Å². The highest BCUT2D eigenvalue weighted by atomic mass is 35.5. The van der Waals surface area contributed by atoms with Gasteiger partial charge < -0.3 is 10.1 Å². The van der Waals surface area contributed by atoms with Gasteiger partial charge in [-0.2, -0.15) is 4.31 Å². The van der Waals surface area contributed by atoms with Gasteiger partial charge in [0.2, 0.25) is 0 Å². The van der Waals surface area contributed by atoms with Crippen molar-refractivity contribution >= 4 is 33.8 Å². The van der Waals surface area contributed by atoms with E-state index in [0.29, 0.717) is 25.4 Å². The molecule has 0 spiro atoms. The molecule has 2 heterocycles. The molecule has 1 atom stereocenters. The summed E-state index contributed by atoms with van der Waals surface area (Å²) in [6, 6.07) is 7.24. The summed E-state index contributed by atoms with van der Waals surface area (Å²) >= 11 is 1.20. The van der Waals surface area contributed by atoms with Gasteiger partial charge in [0.15, 0.2) is 4.21 Å². The number of aromatic nitrogens is 1. The third-order valence-electron chi connectivity index (χ3n) is 3.86. The Labute approximate surface area is 152 Å². The van der Waals surface area contributed by atoms with Crippen LogP contribution in [0.4, 0.5) is 0 Å². The second kappa shape index (κ2) is 7.79. The van der Waals surface area contributed by atoms with Crippen LogP contribution in [0.2, 0.25) is 0 Å². The third-order valence-corrected chi connectivity index (χ3v) is 7.11. The first-order valence-corrected chi connectivity index (χ1v) is 9.57. The van der Waals surface area contributed by atoms with Crippen molar-refractivity contribution in [1.29, 1.82) is 0 Å². The van der Waals surface area contributed by atoms with Crippen molar-refractivity contribution < 1.29 is 13.2 Å². The first-order valence-electron chi connectivity index (χ1n) is 7.32. The number of nitrogens with zero attached hydrogens (tertiary/aromatic N) is 2. The van der Waals surface area contributed by atoms with E-state index < -0.39 is 10.0 Å². The predicted molar refractivity (Wildman–Crippen MR) is 96.6 cm³/mol. The van der Waals surface area contributed by atoms with E-state index in [2.05, 4.69) is 10.3 Å². The maximum Gasteiger partial charge on any atom is 0.254 e. The minimum atomic E-state index is -3.57. The number of hydrogen-bond donors (Lipinski definition) is 1. The van der Waals surface area contributed by atoms with Crippen LogP contribution in [0.1, 0.15) is 16.6 Å². The second-order valence-corrected chi connectivity index (χ2v) is 8.63. The number of piperazine rings is 1. The lowest BCUT2D eigenvalue weighted by Gasteiger charge is -2.35. The molecule has 132 valence electrons. The molecule has 1 N–H and O–H groups in total. The molecule has 0 bridgehead atoms. The number of nitrogens with one attached hydrogen (secondary N) is 1. The van der Waals surface area contributed by atoms with Crippen molar-refractivity contribution in [3.05, 3.63) is 41.0 Å². The first-order chi connectivity index (χ1) is 11.0. The molecule has 2 aromatic rings. The third kappa shape index (κ3) is 3.57. The number of rotatable bonds is 4. The summed E-state index contributed by atoms with van der Waals surface area (Å²) in [5, 5.41) is 4.01. The van der Waals surface area contributed by atoms with Crippen molar-refractivity contribution in [3.63, 3.8) is 0 Å². The van der Waals surface area contributed by atoms with E-state index in [1.54, 1.807) is 18.3 Å². The number of benzene rings is 1. The number of ether oxygens (including phenoxy) is 1. The Bertz CT molecular complexity index is 795. The molecule has 1 aliphatic heterocycles. The van der Waals surface area contributed by atoms with Crippen LogP contribution in [0.25, 0.3) is 0 Å². The summed E-state index contributed by atoms with van der Waals surface area (Å²) in [5.74, 6) is 0.696. The molecule has 24 heavy (non-hydrogen) atoms. The fourth-order valence-corrected chi connectivity index (χ4v) is 5.60. The quantitative estimate of drug-likeness (QED) is 0.868. The van der Waals surface area contributed by atoms with Crippen LogP contribution in [0.15, 0.2) is 34.7 Å². The zero-order valence-corrected chi connectivity index (χ0v) is 15.9. The van der Waals surface area contributed by atoms with E-state index >= 15 is 0 Å². The van der Waals surface area contributed by atoms with Crippen molar-refractivity contribution in [1.82, 2.24) is 14.6 Å². The van der Waals surface area contributed by atoms with E-state index in [9.17, 15) is 8.42 Å². The molecule has 1 aromatic carbocycles. The molecular formula is C15H20ClN3O3S2. The highest BCUT2D eigenvalue weighted by molar-refractivity contribution is 7.91. The number of sulfonamides is 1. The number of hydrogen-bond acceptors (Lipinski definition) is 6. The Hall–Kier alpha value is -1.19. The van der Waals surface area contributed by atoms with Crippen molar-refractivity contribution in [3.8, 4) is 5.75 Å². The zero-order valence-electron chi connectivity index (χ0n) is 13.4. The van der Waals surface area contributed by atoms with Gasteiger partial charge in [0.05, 0.1) is 24.4 Å². The van der Waals surface area contributed by atoms with Crippen molar-refractivity contribution in [2.75, 3.05) is 26.7 Å². The van der Waals surface area contributed by atoms with Gasteiger partial charge in [-0.3, -0.25) is 0 Å². The average molecular weight is 390 g/mol. The number of thiazole rings is 1. The van der Waals surface area contributed by atoms with Crippen LogP contribution < -0.4 is 10.1 Å². The largest absolute Gasteiger partial charge is 0.496 e. The summed E-state index contributed by atoms with van der Waals surface area (Å²) in [5.41, 5.74) is 0.868. The van der Waals surface area contributed by atoms with Crippen molar-refractivity contribution in [2.45, 2.75) is 17.2 Å². The first kappa shape index (κ1) is 19.1. The van der Waals surface area contributed by atoms with Crippen LogP contribution in [0.5, 0.6) is 5.75 Å². The second-order valence-electron chi connectivity index (χ2n) is 5.28. The molecule has 0 radical (unpaired) electrons. The Balaban J connectivity index is 0.00000208. The Morgan fingerprint density at radius 2 is 2.12 bits per heavy atom. The molecule has 0 saturated carbocycles. The monoisotopic (exact) mass is 389 g/mol. The fourth-order valence-electron chi connectivity index (χ4n) is 2.76. The Kier molecular flexibility index (Phi) is 6.22. The number of halogens is 1. The van der Waals surface area contributed by atoms with Crippen LogP contribution in [-0.2, 0) is 10.0 Å². The highest BCUT2D eigenvalue weighted by Crippen LogP contribution is 2.34. The van der Waals surface area contributed by atoms with Gasteiger partial charge in [-0.05, 0) is 13.0 Å². The summed E-state index contributed by atoms with van der Waals surface area (Å²) < 4.78 is 33.3. The lowest BCUT2D eigenvalue weighted by atomic mass is 10.0. The number of methoxy groups -OCH3 is 1. The Morgan fingerprint density at radius 1 is 1.38 bits per heavy atom.